The van der Waals surface area contributed by atoms with Crippen molar-refractivity contribution >= 4 is 28.9 Å². The highest BCUT2D eigenvalue weighted by atomic mass is 16.2. The number of para-hydroxylation sites is 2. The smallest absolute Gasteiger partial charge is 0.318 e. The van der Waals surface area contributed by atoms with Gasteiger partial charge in [0.05, 0.1) is 17.6 Å². The molecular weight excluding hydrogens is 404 g/mol. The van der Waals surface area contributed by atoms with Crippen molar-refractivity contribution in [2.24, 2.45) is 0 Å². The summed E-state index contributed by atoms with van der Waals surface area (Å²) in [5, 5.41) is 2.82. The number of amides is 3. The summed E-state index contributed by atoms with van der Waals surface area (Å²) in [6.07, 6.45) is 1.71. The molecular formula is C24H28N6O2. The molecule has 3 aromatic rings. The number of anilines is 1. The fraction of sp³-hybridized carbons (Fsp3) is 0.375. The van der Waals surface area contributed by atoms with Crippen molar-refractivity contribution in [3.8, 4) is 0 Å². The van der Waals surface area contributed by atoms with E-state index in [4.69, 9.17) is 0 Å². The van der Waals surface area contributed by atoms with Crippen molar-refractivity contribution in [2.75, 3.05) is 44.2 Å². The minimum Gasteiger partial charge on any atom is -0.341 e. The van der Waals surface area contributed by atoms with E-state index in [1.807, 2.05) is 41.3 Å². The molecule has 32 heavy (non-hydrogen) atoms. The Balaban J connectivity index is 1.13. The molecule has 0 saturated carbocycles. The van der Waals surface area contributed by atoms with Crippen molar-refractivity contribution in [2.45, 2.75) is 19.4 Å². The van der Waals surface area contributed by atoms with E-state index in [1.165, 1.54) is 11.1 Å². The molecule has 0 unspecified atom stereocenters. The van der Waals surface area contributed by atoms with Crippen LogP contribution in [0.2, 0.25) is 0 Å². The molecule has 2 N–H and O–H groups in total. The Bertz CT molecular complexity index is 1090. The Morgan fingerprint density at radius 2 is 1.72 bits per heavy atom. The molecule has 0 aliphatic carbocycles. The normalized spacial score (nSPS) is 16.6. The lowest BCUT2D eigenvalue weighted by molar-refractivity contribution is -0.129. The number of aromatic amines is 1. The Morgan fingerprint density at radius 3 is 2.59 bits per heavy atom. The number of carbonyl (C=O) groups excluding carboxylic acids is 2. The van der Waals surface area contributed by atoms with E-state index in [2.05, 4.69) is 32.3 Å². The van der Waals surface area contributed by atoms with Crippen molar-refractivity contribution in [3.63, 3.8) is 0 Å². The number of carbonyl (C=O) groups is 2. The maximum absolute atomic E-state index is 12.8. The summed E-state index contributed by atoms with van der Waals surface area (Å²) in [5.41, 5.74) is 4.44. The SMILES string of the molecule is O=C(CNC(=O)N1CCc2ccccc2C1)N1CCCN(c2nc3ccccc3[nH]2)CC1. The number of H-pyrrole nitrogens is 1. The van der Waals surface area contributed by atoms with E-state index in [0.29, 0.717) is 32.7 Å². The molecule has 0 atom stereocenters. The molecule has 0 bridgehead atoms. The maximum Gasteiger partial charge on any atom is 0.318 e. The van der Waals surface area contributed by atoms with Gasteiger partial charge in [0.15, 0.2) is 0 Å². The summed E-state index contributed by atoms with van der Waals surface area (Å²) >= 11 is 0. The second-order valence-corrected chi connectivity index (χ2v) is 8.40. The third-order valence-electron chi connectivity index (χ3n) is 6.33. The molecule has 2 aromatic carbocycles. The Hall–Kier alpha value is -3.55. The van der Waals surface area contributed by atoms with Crippen LogP contribution in [-0.2, 0) is 17.8 Å². The topological polar surface area (TPSA) is 84.6 Å². The van der Waals surface area contributed by atoms with E-state index < -0.39 is 0 Å². The van der Waals surface area contributed by atoms with Gasteiger partial charge < -0.3 is 25.0 Å². The molecule has 8 nitrogen and oxygen atoms in total. The molecule has 1 saturated heterocycles. The third-order valence-corrected chi connectivity index (χ3v) is 6.33. The third kappa shape index (κ3) is 4.26. The minimum absolute atomic E-state index is 0.0294. The second kappa shape index (κ2) is 8.90. The molecule has 166 valence electrons. The zero-order valence-electron chi connectivity index (χ0n) is 18.1. The van der Waals surface area contributed by atoms with Gasteiger partial charge in [-0.3, -0.25) is 4.79 Å². The first kappa shape index (κ1) is 20.4. The average molecular weight is 433 g/mol. The largest absolute Gasteiger partial charge is 0.341 e. The van der Waals surface area contributed by atoms with Gasteiger partial charge in [-0.05, 0) is 36.1 Å². The minimum atomic E-state index is -0.174. The molecule has 5 rings (SSSR count). The van der Waals surface area contributed by atoms with Gasteiger partial charge in [-0.2, -0.15) is 0 Å². The number of imidazole rings is 1. The summed E-state index contributed by atoms with van der Waals surface area (Å²) in [7, 11) is 0. The predicted molar refractivity (Wildman–Crippen MR) is 123 cm³/mol. The highest BCUT2D eigenvalue weighted by molar-refractivity contribution is 5.84. The monoisotopic (exact) mass is 432 g/mol. The first-order valence-electron chi connectivity index (χ1n) is 11.2. The number of nitrogens with one attached hydrogen (secondary N) is 2. The quantitative estimate of drug-likeness (QED) is 0.666. The van der Waals surface area contributed by atoms with Crippen LogP contribution >= 0.6 is 0 Å². The Kier molecular flexibility index (Phi) is 5.66. The fourth-order valence-corrected chi connectivity index (χ4v) is 4.51. The van der Waals surface area contributed by atoms with Gasteiger partial charge in [-0.1, -0.05) is 36.4 Å². The van der Waals surface area contributed by atoms with Crippen LogP contribution < -0.4 is 10.2 Å². The van der Waals surface area contributed by atoms with Gasteiger partial charge in [0.25, 0.3) is 0 Å². The van der Waals surface area contributed by atoms with Gasteiger partial charge in [0.1, 0.15) is 0 Å². The lowest BCUT2D eigenvalue weighted by Crippen LogP contribution is -2.47. The van der Waals surface area contributed by atoms with Crippen molar-refractivity contribution in [1.29, 1.82) is 0 Å². The van der Waals surface area contributed by atoms with Crippen LogP contribution in [0, 0.1) is 0 Å². The van der Waals surface area contributed by atoms with Crippen molar-refractivity contribution in [3.05, 3.63) is 59.7 Å². The average Bonchev–Trinajstić information content (AvgIpc) is 3.11. The predicted octanol–water partition coefficient (Wildman–Crippen LogP) is 2.37. The molecule has 0 spiro atoms. The van der Waals surface area contributed by atoms with Gasteiger partial charge in [0.2, 0.25) is 11.9 Å². The van der Waals surface area contributed by atoms with Crippen molar-refractivity contribution in [1.82, 2.24) is 25.1 Å². The lowest BCUT2D eigenvalue weighted by atomic mass is 10.0. The highest BCUT2D eigenvalue weighted by Gasteiger charge is 2.24. The van der Waals surface area contributed by atoms with Crippen LogP contribution in [0.3, 0.4) is 0 Å². The van der Waals surface area contributed by atoms with Gasteiger partial charge in [-0.15, -0.1) is 0 Å². The standard InChI is InChI=1S/C24H28N6O2/c31-22(16-25-24(32)30-13-10-18-6-1-2-7-19(18)17-30)28-11-5-12-29(15-14-28)23-26-20-8-3-4-9-21(20)27-23/h1-4,6-9H,5,10-17H2,(H,25,32)(H,26,27). The molecule has 0 radical (unpaired) electrons. The summed E-state index contributed by atoms with van der Waals surface area (Å²) in [5.74, 6) is 0.807. The number of aromatic nitrogens is 2. The number of benzene rings is 2. The zero-order valence-corrected chi connectivity index (χ0v) is 18.1. The van der Waals surface area contributed by atoms with Crippen LogP contribution in [0.5, 0.6) is 0 Å². The van der Waals surface area contributed by atoms with Crippen molar-refractivity contribution < 1.29 is 9.59 Å². The van der Waals surface area contributed by atoms with E-state index in [-0.39, 0.29) is 18.5 Å². The molecule has 1 fully saturated rings. The Morgan fingerprint density at radius 1 is 0.906 bits per heavy atom. The summed E-state index contributed by atoms with van der Waals surface area (Å²) in [4.78, 5) is 39.2. The number of nitrogens with zero attached hydrogens (tertiary/aromatic N) is 4. The van der Waals surface area contributed by atoms with E-state index in [0.717, 1.165) is 36.4 Å². The van der Waals surface area contributed by atoms with Crippen LogP contribution in [0.1, 0.15) is 17.5 Å². The van der Waals surface area contributed by atoms with Gasteiger partial charge in [0, 0.05) is 39.3 Å². The lowest BCUT2D eigenvalue weighted by Gasteiger charge is -2.29. The maximum atomic E-state index is 12.8. The van der Waals surface area contributed by atoms with E-state index >= 15 is 0 Å². The highest BCUT2D eigenvalue weighted by Crippen LogP contribution is 2.19. The zero-order chi connectivity index (χ0) is 21.9. The summed E-state index contributed by atoms with van der Waals surface area (Å²) < 4.78 is 0. The number of rotatable bonds is 3. The Labute approximate surface area is 187 Å². The fourth-order valence-electron chi connectivity index (χ4n) is 4.51. The molecule has 2 aliphatic rings. The van der Waals surface area contributed by atoms with Gasteiger partial charge >= 0.3 is 6.03 Å². The molecule has 3 amide bonds. The van der Waals surface area contributed by atoms with Crippen LogP contribution in [0.25, 0.3) is 11.0 Å². The summed E-state index contributed by atoms with van der Waals surface area (Å²) in [6, 6.07) is 16.0. The first-order chi connectivity index (χ1) is 15.7. The number of urea groups is 1. The van der Waals surface area contributed by atoms with Gasteiger partial charge in [-0.25, -0.2) is 9.78 Å². The van der Waals surface area contributed by atoms with E-state index in [1.54, 1.807) is 4.90 Å². The number of hydrogen-bond acceptors (Lipinski definition) is 4. The molecule has 3 heterocycles. The van der Waals surface area contributed by atoms with Crippen LogP contribution in [0.15, 0.2) is 48.5 Å². The first-order valence-corrected chi connectivity index (χ1v) is 11.2. The number of hydrogen-bond donors (Lipinski definition) is 2. The molecule has 2 aliphatic heterocycles. The molecule has 8 heteroatoms. The second-order valence-electron chi connectivity index (χ2n) is 8.40. The molecule has 1 aromatic heterocycles. The van der Waals surface area contributed by atoms with Crippen LogP contribution in [0.4, 0.5) is 10.7 Å². The summed E-state index contributed by atoms with van der Waals surface area (Å²) in [6.45, 7) is 4.14. The van der Waals surface area contributed by atoms with E-state index in [9.17, 15) is 9.59 Å². The van der Waals surface area contributed by atoms with Crippen LogP contribution in [-0.4, -0.2) is 71.0 Å². The number of fused-ring (bicyclic) bond motifs is 2.